The van der Waals surface area contributed by atoms with Gasteiger partial charge in [0.2, 0.25) is 0 Å². The summed E-state index contributed by atoms with van der Waals surface area (Å²) in [5.74, 6) is 0.476. The molecule has 1 aromatic heterocycles. The maximum absolute atomic E-state index is 9.08. The van der Waals surface area contributed by atoms with Gasteiger partial charge in [-0.15, -0.1) is 0 Å². The van der Waals surface area contributed by atoms with Gasteiger partial charge in [0.15, 0.2) is 0 Å². The van der Waals surface area contributed by atoms with Gasteiger partial charge in [0.25, 0.3) is 0 Å². The van der Waals surface area contributed by atoms with Crippen molar-refractivity contribution in [2.75, 3.05) is 5.73 Å². The summed E-state index contributed by atoms with van der Waals surface area (Å²) < 4.78 is 2.37. The van der Waals surface area contributed by atoms with Gasteiger partial charge in [-0.25, -0.2) is 4.68 Å². The van der Waals surface area contributed by atoms with E-state index < -0.39 is 0 Å². The number of hydrogen-bond acceptors (Lipinski definition) is 3. The van der Waals surface area contributed by atoms with Gasteiger partial charge >= 0.3 is 0 Å². The minimum absolute atomic E-state index is 0.476. The normalized spacial score (nSPS) is 10.1. The second-order valence-corrected chi connectivity index (χ2v) is 4.24. The van der Waals surface area contributed by atoms with Crippen LogP contribution in [0.15, 0.2) is 28.9 Å². The van der Waals surface area contributed by atoms with Crippen molar-refractivity contribution < 1.29 is 0 Å². The van der Waals surface area contributed by atoms with Gasteiger partial charge in [0, 0.05) is 16.2 Å². The van der Waals surface area contributed by atoms with E-state index >= 15 is 0 Å². The second-order valence-electron chi connectivity index (χ2n) is 3.39. The minimum atomic E-state index is 0.476. The molecule has 0 atom stereocenters. The van der Waals surface area contributed by atoms with Gasteiger partial charge in [-0.3, -0.25) is 0 Å². The Hall–Kier alpha value is -1.80. The Morgan fingerprint density at radius 1 is 1.50 bits per heavy atom. The molecule has 0 fully saturated rings. The van der Waals surface area contributed by atoms with Gasteiger partial charge in [-0.2, -0.15) is 10.4 Å². The smallest absolute Gasteiger partial charge is 0.148 e. The van der Waals surface area contributed by atoms with Gasteiger partial charge in [-0.05, 0) is 35.0 Å². The molecule has 5 heteroatoms. The van der Waals surface area contributed by atoms with Crippen LogP contribution in [0.2, 0.25) is 0 Å². The average Bonchev–Trinajstić information content (AvgIpc) is 2.59. The maximum Gasteiger partial charge on any atom is 0.148 e. The van der Waals surface area contributed by atoms with Gasteiger partial charge in [0.1, 0.15) is 11.9 Å². The van der Waals surface area contributed by atoms with Crippen molar-refractivity contribution in [2.24, 2.45) is 0 Å². The molecule has 2 rings (SSSR count). The van der Waals surface area contributed by atoms with Crippen LogP contribution in [-0.4, -0.2) is 9.78 Å². The van der Waals surface area contributed by atoms with Crippen molar-refractivity contribution in [3.63, 3.8) is 0 Å². The lowest BCUT2D eigenvalue weighted by Crippen LogP contribution is -1.99. The molecule has 0 saturated heterocycles. The molecule has 0 unspecified atom stereocenters. The van der Waals surface area contributed by atoms with E-state index in [1.807, 2.05) is 25.1 Å². The summed E-state index contributed by atoms with van der Waals surface area (Å²) in [7, 11) is 0. The quantitative estimate of drug-likeness (QED) is 0.870. The van der Waals surface area contributed by atoms with Crippen molar-refractivity contribution in [3.05, 3.63) is 40.0 Å². The molecule has 0 saturated carbocycles. The first kappa shape index (κ1) is 10.7. The first-order valence-electron chi connectivity index (χ1n) is 4.64. The summed E-state index contributed by atoms with van der Waals surface area (Å²) in [5, 5.41) is 13.2. The predicted molar refractivity (Wildman–Crippen MR) is 65.1 cm³/mol. The molecule has 1 heterocycles. The molecule has 4 nitrogen and oxygen atoms in total. The van der Waals surface area contributed by atoms with Crippen LogP contribution in [0.1, 0.15) is 11.1 Å². The van der Waals surface area contributed by atoms with Crippen LogP contribution in [-0.2, 0) is 0 Å². The lowest BCUT2D eigenvalue weighted by molar-refractivity contribution is 0.881. The summed E-state index contributed by atoms with van der Waals surface area (Å²) in [6.07, 6.45) is 1.80. The minimum Gasteiger partial charge on any atom is -0.382 e. The SMILES string of the molecule is Cc1cn(-c2cccc(Br)c2C#N)nc1N. The highest BCUT2D eigenvalue weighted by Crippen LogP contribution is 2.23. The van der Waals surface area contributed by atoms with Crippen molar-refractivity contribution in [1.29, 1.82) is 5.26 Å². The number of benzene rings is 1. The Morgan fingerprint density at radius 3 is 2.81 bits per heavy atom. The molecule has 0 aliphatic carbocycles. The average molecular weight is 277 g/mol. The predicted octanol–water partition coefficient (Wildman–Crippen LogP) is 2.40. The summed E-state index contributed by atoms with van der Waals surface area (Å²) in [5.41, 5.74) is 7.84. The van der Waals surface area contributed by atoms with Crippen LogP contribution < -0.4 is 5.73 Å². The summed E-state index contributed by atoms with van der Waals surface area (Å²) in [4.78, 5) is 0. The van der Waals surface area contributed by atoms with E-state index in [0.717, 1.165) is 15.7 Å². The third-order valence-electron chi connectivity index (χ3n) is 2.29. The highest BCUT2D eigenvalue weighted by Gasteiger charge is 2.10. The van der Waals surface area contributed by atoms with Crippen LogP contribution in [0.4, 0.5) is 5.82 Å². The fourth-order valence-corrected chi connectivity index (χ4v) is 1.86. The molecule has 16 heavy (non-hydrogen) atoms. The number of nitrogen functional groups attached to an aromatic ring is 1. The monoisotopic (exact) mass is 276 g/mol. The van der Waals surface area contributed by atoms with Gasteiger partial charge in [-0.1, -0.05) is 6.07 Å². The molecule has 2 aromatic rings. The molecular weight excluding hydrogens is 268 g/mol. The summed E-state index contributed by atoms with van der Waals surface area (Å²) in [6, 6.07) is 7.65. The van der Waals surface area contributed by atoms with Crippen molar-refractivity contribution in [2.45, 2.75) is 6.92 Å². The van der Waals surface area contributed by atoms with E-state index in [4.69, 9.17) is 11.0 Å². The van der Waals surface area contributed by atoms with E-state index in [9.17, 15) is 0 Å². The third kappa shape index (κ3) is 1.68. The van der Waals surface area contributed by atoms with E-state index in [1.54, 1.807) is 10.9 Å². The molecule has 0 amide bonds. The van der Waals surface area contributed by atoms with Crippen molar-refractivity contribution >= 4 is 21.7 Å². The number of nitrogens with two attached hydrogens (primary N) is 1. The van der Waals surface area contributed by atoms with Crippen LogP contribution in [0.25, 0.3) is 5.69 Å². The molecule has 0 aliphatic heterocycles. The zero-order valence-corrected chi connectivity index (χ0v) is 10.2. The molecule has 0 spiro atoms. The number of nitrogens with zero attached hydrogens (tertiary/aromatic N) is 3. The highest BCUT2D eigenvalue weighted by atomic mass is 79.9. The van der Waals surface area contributed by atoms with E-state index in [-0.39, 0.29) is 0 Å². The Morgan fingerprint density at radius 2 is 2.25 bits per heavy atom. The number of hydrogen-bond donors (Lipinski definition) is 1. The molecule has 0 radical (unpaired) electrons. The van der Waals surface area contributed by atoms with Crippen LogP contribution in [0, 0.1) is 18.3 Å². The Bertz CT molecular complexity index is 561. The fourth-order valence-electron chi connectivity index (χ4n) is 1.41. The summed E-state index contributed by atoms with van der Waals surface area (Å²) in [6.45, 7) is 1.88. The number of nitriles is 1. The second kappa shape index (κ2) is 3.99. The fraction of sp³-hybridized carbons (Fsp3) is 0.0909. The van der Waals surface area contributed by atoms with Crippen LogP contribution in [0.3, 0.4) is 0 Å². The first-order chi connectivity index (χ1) is 7.63. The number of rotatable bonds is 1. The lowest BCUT2D eigenvalue weighted by atomic mass is 10.2. The first-order valence-corrected chi connectivity index (χ1v) is 5.43. The zero-order valence-electron chi connectivity index (χ0n) is 8.61. The molecule has 0 aliphatic rings. The Labute approximate surface area is 101 Å². The largest absolute Gasteiger partial charge is 0.382 e. The third-order valence-corrected chi connectivity index (χ3v) is 2.95. The summed E-state index contributed by atoms with van der Waals surface area (Å²) >= 11 is 3.34. The Balaban J connectivity index is 2.65. The van der Waals surface area contributed by atoms with Crippen molar-refractivity contribution in [1.82, 2.24) is 9.78 Å². The topological polar surface area (TPSA) is 67.6 Å². The maximum atomic E-state index is 9.08. The van der Waals surface area contributed by atoms with E-state index in [0.29, 0.717) is 11.4 Å². The standard InChI is InChI=1S/C11H9BrN4/c1-7-6-16(15-11(7)14)10-4-2-3-9(12)8(10)5-13/h2-4,6H,1H3,(H2,14,15). The molecular formula is C11H9BrN4. The molecule has 1 aromatic carbocycles. The molecule has 2 N–H and O–H groups in total. The lowest BCUT2D eigenvalue weighted by Gasteiger charge is -2.04. The Kier molecular flexibility index (Phi) is 2.67. The van der Waals surface area contributed by atoms with E-state index in [2.05, 4.69) is 27.1 Å². The molecule has 80 valence electrons. The van der Waals surface area contributed by atoms with Gasteiger partial charge in [0.05, 0.1) is 11.3 Å². The van der Waals surface area contributed by atoms with Crippen LogP contribution >= 0.6 is 15.9 Å². The van der Waals surface area contributed by atoms with Crippen molar-refractivity contribution in [3.8, 4) is 11.8 Å². The zero-order chi connectivity index (χ0) is 11.7. The number of aromatic nitrogens is 2. The van der Waals surface area contributed by atoms with E-state index in [1.165, 1.54) is 0 Å². The highest BCUT2D eigenvalue weighted by molar-refractivity contribution is 9.10. The number of anilines is 1. The van der Waals surface area contributed by atoms with Gasteiger partial charge < -0.3 is 5.73 Å². The number of halogens is 1. The number of aryl methyl sites for hydroxylation is 1. The molecule has 0 bridgehead atoms. The van der Waals surface area contributed by atoms with Crippen LogP contribution in [0.5, 0.6) is 0 Å².